The van der Waals surface area contributed by atoms with Crippen molar-refractivity contribution in [2.75, 3.05) is 13.7 Å². The van der Waals surface area contributed by atoms with Crippen molar-refractivity contribution in [3.63, 3.8) is 0 Å². The van der Waals surface area contributed by atoms with Crippen molar-refractivity contribution in [2.24, 2.45) is 0 Å². The molecule has 1 atom stereocenters. The van der Waals surface area contributed by atoms with E-state index in [-0.39, 0.29) is 30.9 Å². The van der Waals surface area contributed by atoms with Gasteiger partial charge >= 0.3 is 0 Å². The van der Waals surface area contributed by atoms with E-state index in [0.29, 0.717) is 5.88 Å². The summed E-state index contributed by atoms with van der Waals surface area (Å²) < 4.78 is 5.11. The second-order valence-electron chi connectivity index (χ2n) is 4.09. The number of ether oxygens (including phenoxy) is 1. The first-order chi connectivity index (χ1) is 8.63. The van der Waals surface area contributed by atoms with Gasteiger partial charge in [0.15, 0.2) is 0 Å². The molecule has 1 unspecified atom stereocenters. The Morgan fingerprint density at radius 3 is 3.06 bits per heavy atom. The lowest BCUT2D eigenvalue weighted by Gasteiger charge is -2.29. The molecule has 0 saturated carbocycles. The maximum absolute atomic E-state index is 11.9. The van der Waals surface area contributed by atoms with Crippen LogP contribution in [0.25, 0.3) is 0 Å². The highest BCUT2D eigenvalue weighted by atomic mass is 16.5. The first kappa shape index (κ1) is 12.5. The van der Waals surface area contributed by atoms with Crippen LogP contribution in [0.4, 0.5) is 0 Å². The molecule has 0 spiro atoms. The fourth-order valence-electron chi connectivity index (χ4n) is 1.84. The molecule has 2 heterocycles. The lowest BCUT2D eigenvalue weighted by Crippen LogP contribution is -2.56. The van der Waals surface area contributed by atoms with E-state index in [1.165, 1.54) is 12.0 Å². The summed E-state index contributed by atoms with van der Waals surface area (Å²) in [7, 11) is 1.51. The number of pyridine rings is 1. The Hall–Kier alpha value is -1.95. The molecule has 1 N–H and O–H groups in total. The smallest absolute Gasteiger partial charge is 0.246 e. The summed E-state index contributed by atoms with van der Waals surface area (Å²) in [6, 6.07) is 3.20. The fraction of sp³-hybridized carbons (Fsp3) is 0.417. The van der Waals surface area contributed by atoms with Crippen molar-refractivity contribution in [1.29, 1.82) is 0 Å². The van der Waals surface area contributed by atoms with Crippen molar-refractivity contribution in [3.05, 3.63) is 23.9 Å². The number of aromatic nitrogens is 1. The quantitative estimate of drug-likeness (QED) is 0.760. The van der Waals surface area contributed by atoms with Gasteiger partial charge in [-0.1, -0.05) is 6.07 Å². The highest BCUT2D eigenvalue weighted by Crippen LogP contribution is 2.17. The van der Waals surface area contributed by atoms with Crippen LogP contribution in [0.2, 0.25) is 0 Å². The molecule has 0 aliphatic carbocycles. The van der Waals surface area contributed by atoms with Gasteiger partial charge < -0.3 is 4.74 Å². The van der Waals surface area contributed by atoms with Crippen LogP contribution >= 0.6 is 0 Å². The number of amides is 2. The molecule has 1 aromatic heterocycles. The molecule has 6 nitrogen and oxygen atoms in total. The minimum Gasteiger partial charge on any atom is -0.481 e. The highest BCUT2D eigenvalue weighted by molar-refractivity contribution is 6.00. The van der Waals surface area contributed by atoms with Gasteiger partial charge in [0.25, 0.3) is 0 Å². The van der Waals surface area contributed by atoms with Crippen LogP contribution in [0.3, 0.4) is 0 Å². The maximum atomic E-state index is 11.9. The zero-order valence-corrected chi connectivity index (χ0v) is 10.3. The average molecular weight is 249 g/mol. The molecule has 1 saturated heterocycles. The Labute approximate surface area is 105 Å². The number of carbonyl (C=O) groups is 2. The van der Waals surface area contributed by atoms with Crippen molar-refractivity contribution >= 4 is 11.8 Å². The third kappa shape index (κ3) is 2.33. The SMILES string of the molecule is COc1ncccc1CN1C(=O)CNC(C)C1=O. The summed E-state index contributed by atoms with van der Waals surface area (Å²) in [6.07, 6.45) is 1.60. The van der Waals surface area contributed by atoms with Crippen molar-refractivity contribution < 1.29 is 14.3 Å². The van der Waals surface area contributed by atoms with Gasteiger partial charge in [-0.2, -0.15) is 0 Å². The van der Waals surface area contributed by atoms with E-state index >= 15 is 0 Å². The Bertz CT molecular complexity index is 475. The van der Waals surface area contributed by atoms with Crippen LogP contribution in [-0.4, -0.2) is 41.4 Å². The number of imide groups is 1. The number of rotatable bonds is 3. The Morgan fingerprint density at radius 1 is 1.56 bits per heavy atom. The van der Waals surface area contributed by atoms with Crippen LogP contribution < -0.4 is 10.1 Å². The summed E-state index contributed by atoms with van der Waals surface area (Å²) in [4.78, 5) is 28.9. The third-order valence-electron chi connectivity index (χ3n) is 2.87. The Morgan fingerprint density at radius 2 is 2.33 bits per heavy atom. The van der Waals surface area contributed by atoms with Crippen molar-refractivity contribution in [1.82, 2.24) is 15.2 Å². The van der Waals surface area contributed by atoms with E-state index in [9.17, 15) is 9.59 Å². The Balaban J connectivity index is 2.21. The summed E-state index contributed by atoms with van der Waals surface area (Å²) in [6.45, 7) is 2.11. The second-order valence-corrected chi connectivity index (χ2v) is 4.09. The summed E-state index contributed by atoms with van der Waals surface area (Å²) >= 11 is 0. The van der Waals surface area contributed by atoms with Gasteiger partial charge in [-0.15, -0.1) is 0 Å². The zero-order chi connectivity index (χ0) is 13.1. The molecule has 18 heavy (non-hydrogen) atoms. The first-order valence-electron chi connectivity index (χ1n) is 5.69. The van der Waals surface area contributed by atoms with Gasteiger partial charge in [-0.3, -0.25) is 19.8 Å². The van der Waals surface area contributed by atoms with Gasteiger partial charge in [0.2, 0.25) is 17.7 Å². The van der Waals surface area contributed by atoms with Gasteiger partial charge in [-0.05, 0) is 13.0 Å². The molecule has 2 amide bonds. The fourth-order valence-corrected chi connectivity index (χ4v) is 1.84. The van der Waals surface area contributed by atoms with E-state index in [1.807, 2.05) is 0 Å². The van der Waals surface area contributed by atoms with Crippen molar-refractivity contribution in [2.45, 2.75) is 19.5 Å². The molecule has 96 valence electrons. The van der Waals surface area contributed by atoms with E-state index in [2.05, 4.69) is 10.3 Å². The number of hydrogen-bond acceptors (Lipinski definition) is 5. The molecular weight excluding hydrogens is 234 g/mol. The molecule has 1 fully saturated rings. The molecular formula is C12H15N3O3. The molecule has 1 aliphatic heterocycles. The molecule has 0 aromatic carbocycles. The normalized spacial score (nSPS) is 20.1. The molecule has 2 rings (SSSR count). The van der Waals surface area contributed by atoms with E-state index < -0.39 is 0 Å². The number of carbonyl (C=O) groups excluding carboxylic acids is 2. The zero-order valence-electron chi connectivity index (χ0n) is 10.3. The van der Waals surface area contributed by atoms with Crippen LogP contribution in [0.15, 0.2) is 18.3 Å². The lowest BCUT2D eigenvalue weighted by molar-refractivity contribution is -0.149. The predicted molar refractivity (Wildman–Crippen MR) is 63.8 cm³/mol. The summed E-state index contributed by atoms with van der Waals surface area (Å²) in [5.41, 5.74) is 0.718. The van der Waals surface area contributed by atoms with Crippen LogP contribution in [-0.2, 0) is 16.1 Å². The minimum atomic E-state index is -0.342. The van der Waals surface area contributed by atoms with Gasteiger partial charge in [-0.25, -0.2) is 4.98 Å². The number of nitrogens with zero attached hydrogens (tertiary/aromatic N) is 2. The van der Waals surface area contributed by atoms with Gasteiger partial charge in [0, 0.05) is 11.8 Å². The summed E-state index contributed by atoms with van der Waals surface area (Å²) in [5, 5.41) is 2.84. The first-order valence-corrected chi connectivity index (χ1v) is 5.69. The van der Waals surface area contributed by atoms with E-state index in [0.717, 1.165) is 5.56 Å². The van der Waals surface area contributed by atoms with Gasteiger partial charge in [0.05, 0.1) is 26.2 Å². The third-order valence-corrected chi connectivity index (χ3v) is 2.87. The minimum absolute atomic E-state index is 0.176. The molecule has 0 bridgehead atoms. The topological polar surface area (TPSA) is 71.5 Å². The predicted octanol–water partition coefficient (Wildman–Crippen LogP) is -0.0629. The largest absolute Gasteiger partial charge is 0.481 e. The van der Waals surface area contributed by atoms with Crippen molar-refractivity contribution in [3.8, 4) is 5.88 Å². The van der Waals surface area contributed by atoms with E-state index in [4.69, 9.17) is 4.74 Å². The molecule has 1 aromatic rings. The standard InChI is InChI=1S/C12H15N3O3/c1-8-12(17)15(10(16)6-14-8)7-9-4-3-5-13-11(9)18-2/h3-5,8,14H,6-7H2,1-2H3. The van der Waals surface area contributed by atoms with Crippen LogP contribution in [0.1, 0.15) is 12.5 Å². The molecule has 1 aliphatic rings. The number of hydrogen-bond donors (Lipinski definition) is 1. The number of methoxy groups -OCH3 is 1. The Kier molecular flexibility index (Phi) is 3.57. The number of piperazine rings is 1. The van der Waals surface area contributed by atoms with Crippen LogP contribution in [0, 0.1) is 0 Å². The van der Waals surface area contributed by atoms with Gasteiger partial charge in [0.1, 0.15) is 0 Å². The average Bonchev–Trinajstić information content (AvgIpc) is 2.39. The summed E-state index contributed by atoms with van der Waals surface area (Å²) in [5.74, 6) is -0.0227. The highest BCUT2D eigenvalue weighted by Gasteiger charge is 2.31. The second kappa shape index (κ2) is 5.14. The number of nitrogens with one attached hydrogen (secondary N) is 1. The molecule has 6 heteroatoms. The molecule has 0 radical (unpaired) electrons. The lowest BCUT2D eigenvalue weighted by atomic mass is 10.1. The maximum Gasteiger partial charge on any atom is 0.246 e. The van der Waals surface area contributed by atoms with Crippen LogP contribution in [0.5, 0.6) is 5.88 Å². The monoisotopic (exact) mass is 249 g/mol. The van der Waals surface area contributed by atoms with E-state index in [1.54, 1.807) is 25.3 Å².